The summed E-state index contributed by atoms with van der Waals surface area (Å²) in [5.41, 5.74) is 1.24. The molecule has 0 saturated carbocycles. The van der Waals surface area contributed by atoms with Gasteiger partial charge in [-0.3, -0.25) is 0 Å². The second-order valence-electron chi connectivity index (χ2n) is 5.78. The van der Waals surface area contributed by atoms with E-state index in [9.17, 15) is 0 Å². The van der Waals surface area contributed by atoms with E-state index in [4.69, 9.17) is 4.74 Å². The fraction of sp³-hybridized carbons (Fsp3) is 0.647. The van der Waals surface area contributed by atoms with Gasteiger partial charge in [0, 0.05) is 31.0 Å². The number of rotatable bonds is 11. The van der Waals surface area contributed by atoms with E-state index in [0.717, 1.165) is 38.5 Å². The molecule has 0 aliphatic rings. The summed E-state index contributed by atoms with van der Waals surface area (Å²) in [6.07, 6.45) is 2.14. The lowest BCUT2D eigenvalue weighted by Gasteiger charge is -2.17. The Morgan fingerprint density at radius 3 is 2.71 bits per heavy atom. The molecule has 3 nitrogen and oxygen atoms in total. The van der Waals surface area contributed by atoms with Crippen molar-refractivity contribution in [3.05, 3.63) is 29.8 Å². The van der Waals surface area contributed by atoms with Crippen molar-refractivity contribution in [3.8, 4) is 5.75 Å². The average Bonchev–Trinajstić information content (AvgIpc) is 2.46. The molecular formula is C17H30N2OS. The van der Waals surface area contributed by atoms with Crippen molar-refractivity contribution in [1.82, 2.24) is 10.2 Å². The number of benzene rings is 1. The summed E-state index contributed by atoms with van der Waals surface area (Å²) in [5.74, 6) is 2.85. The topological polar surface area (TPSA) is 24.5 Å². The summed E-state index contributed by atoms with van der Waals surface area (Å²) in [5, 5.41) is 3.48. The first-order valence-electron chi connectivity index (χ1n) is 7.72. The van der Waals surface area contributed by atoms with Crippen molar-refractivity contribution in [2.75, 3.05) is 45.3 Å². The van der Waals surface area contributed by atoms with Gasteiger partial charge in [0.2, 0.25) is 0 Å². The van der Waals surface area contributed by atoms with Gasteiger partial charge in [-0.2, -0.15) is 11.8 Å². The summed E-state index contributed by atoms with van der Waals surface area (Å²) < 4.78 is 5.96. The monoisotopic (exact) mass is 310 g/mol. The van der Waals surface area contributed by atoms with Gasteiger partial charge >= 0.3 is 0 Å². The van der Waals surface area contributed by atoms with Crippen LogP contribution in [0.4, 0.5) is 0 Å². The Bertz CT molecular complexity index is 385. The van der Waals surface area contributed by atoms with E-state index in [1.54, 1.807) is 0 Å². The zero-order chi connectivity index (χ0) is 15.5. The molecule has 0 aromatic heterocycles. The molecule has 0 atom stereocenters. The summed E-state index contributed by atoms with van der Waals surface area (Å²) in [6.45, 7) is 9.17. The minimum atomic E-state index is 0.670. The van der Waals surface area contributed by atoms with Crippen LogP contribution in [0.5, 0.6) is 5.75 Å². The standard InChI is InChI=1S/C17H30N2OS/c1-15(2)13-18-14-16-7-5-6-8-17(16)20-11-9-19(3)10-12-21-4/h5-8,15,18H,9-14H2,1-4H3. The molecule has 4 heteroatoms. The molecular weight excluding hydrogens is 280 g/mol. The third-order valence-corrected chi connectivity index (χ3v) is 3.84. The van der Waals surface area contributed by atoms with Crippen LogP contribution in [0.3, 0.4) is 0 Å². The highest BCUT2D eigenvalue weighted by atomic mass is 32.2. The van der Waals surface area contributed by atoms with Crippen molar-refractivity contribution in [1.29, 1.82) is 0 Å². The lowest BCUT2D eigenvalue weighted by Crippen LogP contribution is -2.26. The Kier molecular flexibility index (Phi) is 9.55. The number of nitrogens with one attached hydrogen (secondary N) is 1. The highest BCUT2D eigenvalue weighted by molar-refractivity contribution is 7.98. The summed E-state index contributed by atoms with van der Waals surface area (Å²) in [4.78, 5) is 2.32. The van der Waals surface area contributed by atoms with Gasteiger partial charge in [-0.15, -0.1) is 0 Å². The van der Waals surface area contributed by atoms with Gasteiger partial charge in [0.1, 0.15) is 12.4 Å². The van der Waals surface area contributed by atoms with Crippen molar-refractivity contribution in [3.63, 3.8) is 0 Å². The smallest absolute Gasteiger partial charge is 0.123 e. The second-order valence-corrected chi connectivity index (χ2v) is 6.76. The minimum Gasteiger partial charge on any atom is -0.492 e. The van der Waals surface area contributed by atoms with Crippen molar-refractivity contribution >= 4 is 11.8 Å². The lowest BCUT2D eigenvalue weighted by atomic mass is 10.2. The quantitative estimate of drug-likeness (QED) is 0.679. The number of para-hydroxylation sites is 1. The van der Waals surface area contributed by atoms with Crippen LogP contribution in [0.15, 0.2) is 24.3 Å². The molecule has 0 radical (unpaired) electrons. The Morgan fingerprint density at radius 1 is 1.24 bits per heavy atom. The van der Waals surface area contributed by atoms with E-state index >= 15 is 0 Å². The normalized spacial score (nSPS) is 11.3. The Morgan fingerprint density at radius 2 is 2.00 bits per heavy atom. The number of thioether (sulfide) groups is 1. The third kappa shape index (κ3) is 8.34. The molecule has 0 spiro atoms. The minimum absolute atomic E-state index is 0.670. The first kappa shape index (κ1) is 18.3. The predicted molar refractivity (Wildman–Crippen MR) is 94.4 cm³/mol. The maximum atomic E-state index is 5.96. The molecule has 0 unspecified atom stereocenters. The van der Waals surface area contributed by atoms with E-state index in [0.29, 0.717) is 5.92 Å². The van der Waals surface area contributed by atoms with Crippen LogP contribution in [0.2, 0.25) is 0 Å². The van der Waals surface area contributed by atoms with E-state index < -0.39 is 0 Å². The second kappa shape index (κ2) is 10.9. The first-order chi connectivity index (χ1) is 10.1. The molecule has 0 aliphatic heterocycles. The highest BCUT2D eigenvalue weighted by Gasteiger charge is 2.04. The van der Waals surface area contributed by atoms with E-state index in [2.05, 4.69) is 55.6 Å². The number of hydrogen-bond donors (Lipinski definition) is 1. The Hall–Kier alpha value is -0.710. The average molecular weight is 311 g/mol. The number of nitrogens with zero attached hydrogens (tertiary/aromatic N) is 1. The Labute approximate surface area is 134 Å². The van der Waals surface area contributed by atoms with Crippen LogP contribution < -0.4 is 10.1 Å². The SMILES string of the molecule is CSCCN(C)CCOc1ccccc1CNCC(C)C. The fourth-order valence-corrected chi connectivity index (χ4v) is 2.45. The molecule has 0 aliphatic carbocycles. The maximum Gasteiger partial charge on any atom is 0.123 e. The zero-order valence-corrected chi connectivity index (χ0v) is 14.7. The summed E-state index contributed by atoms with van der Waals surface area (Å²) in [7, 11) is 2.15. The Balaban J connectivity index is 2.36. The molecule has 0 heterocycles. The molecule has 1 aromatic rings. The van der Waals surface area contributed by atoms with Gasteiger partial charge in [-0.25, -0.2) is 0 Å². The highest BCUT2D eigenvalue weighted by Crippen LogP contribution is 2.17. The van der Waals surface area contributed by atoms with E-state index in [-0.39, 0.29) is 0 Å². The first-order valence-corrected chi connectivity index (χ1v) is 9.11. The van der Waals surface area contributed by atoms with Crippen LogP contribution in [0.25, 0.3) is 0 Å². The van der Waals surface area contributed by atoms with Crippen LogP contribution in [-0.2, 0) is 6.54 Å². The number of hydrogen-bond acceptors (Lipinski definition) is 4. The van der Waals surface area contributed by atoms with Crippen molar-refractivity contribution < 1.29 is 4.74 Å². The van der Waals surface area contributed by atoms with Gasteiger partial charge in [-0.1, -0.05) is 32.0 Å². The van der Waals surface area contributed by atoms with Gasteiger partial charge < -0.3 is 15.0 Å². The predicted octanol–water partition coefficient (Wildman–Crippen LogP) is 3.11. The maximum absolute atomic E-state index is 5.96. The van der Waals surface area contributed by atoms with E-state index in [1.165, 1.54) is 11.3 Å². The van der Waals surface area contributed by atoms with Gasteiger partial charge in [0.05, 0.1) is 0 Å². The lowest BCUT2D eigenvalue weighted by molar-refractivity contribution is 0.243. The number of ether oxygens (including phenoxy) is 1. The third-order valence-electron chi connectivity index (χ3n) is 3.25. The molecule has 120 valence electrons. The van der Waals surface area contributed by atoms with Crippen molar-refractivity contribution in [2.24, 2.45) is 5.92 Å². The molecule has 0 amide bonds. The van der Waals surface area contributed by atoms with Crippen LogP contribution in [0.1, 0.15) is 19.4 Å². The molecule has 0 bridgehead atoms. The molecule has 1 N–H and O–H groups in total. The van der Waals surface area contributed by atoms with Gasteiger partial charge in [0.25, 0.3) is 0 Å². The fourth-order valence-electron chi connectivity index (χ4n) is 1.96. The summed E-state index contributed by atoms with van der Waals surface area (Å²) >= 11 is 1.88. The summed E-state index contributed by atoms with van der Waals surface area (Å²) in [6, 6.07) is 8.32. The van der Waals surface area contributed by atoms with E-state index in [1.807, 2.05) is 17.8 Å². The largest absolute Gasteiger partial charge is 0.492 e. The zero-order valence-electron chi connectivity index (χ0n) is 13.9. The van der Waals surface area contributed by atoms with Crippen LogP contribution >= 0.6 is 11.8 Å². The van der Waals surface area contributed by atoms with Crippen LogP contribution in [-0.4, -0.2) is 50.2 Å². The molecule has 1 aromatic carbocycles. The number of likely N-dealkylation sites (N-methyl/N-ethyl adjacent to an activating group) is 1. The van der Waals surface area contributed by atoms with Gasteiger partial charge in [-0.05, 0) is 31.8 Å². The molecule has 0 fully saturated rings. The molecule has 1 rings (SSSR count). The molecule has 21 heavy (non-hydrogen) atoms. The van der Waals surface area contributed by atoms with Gasteiger partial charge in [0.15, 0.2) is 0 Å². The van der Waals surface area contributed by atoms with Crippen molar-refractivity contribution in [2.45, 2.75) is 20.4 Å². The van der Waals surface area contributed by atoms with Crippen LogP contribution in [0, 0.1) is 5.92 Å². The molecule has 0 saturated heterocycles.